The third-order valence-corrected chi connectivity index (χ3v) is 7.38. The largest absolute Gasteiger partial charge is 0.511 e. The summed E-state index contributed by atoms with van der Waals surface area (Å²) in [7, 11) is 3.62. The summed E-state index contributed by atoms with van der Waals surface area (Å²) in [6.45, 7) is 2.55. The third kappa shape index (κ3) is 3.74. The van der Waals surface area contributed by atoms with Gasteiger partial charge in [-0.15, -0.1) is 0 Å². The Bertz CT molecular complexity index is 1230. The van der Waals surface area contributed by atoms with Gasteiger partial charge in [0.2, 0.25) is 5.78 Å². The molecular weight excluding hydrogens is 468 g/mol. The number of phenolic OH excluding ortho intramolecular Hbond substituents is 1. The van der Waals surface area contributed by atoms with E-state index in [1.54, 1.807) is 6.07 Å². The van der Waals surface area contributed by atoms with E-state index < -0.39 is 52.0 Å². The summed E-state index contributed by atoms with van der Waals surface area (Å²) in [6.07, 6.45) is 0.0859. The average molecular weight is 501 g/mol. The Balaban J connectivity index is 1.86. The molecule has 0 saturated carbocycles. The molecule has 36 heavy (non-hydrogen) atoms. The Labute approximate surface area is 208 Å². The van der Waals surface area contributed by atoms with Gasteiger partial charge in [0.15, 0.2) is 11.4 Å². The highest BCUT2D eigenvalue weighted by atomic mass is 16.3. The van der Waals surface area contributed by atoms with E-state index in [-0.39, 0.29) is 48.7 Å². The van der Waals surface area contributed by atoms with Gasteiger partial charge in [-0.3, -0.25) is 14.4 Å². The molecule has 0 spiro atoms. The molecule has 0 bridgehead atoms. The summed E-state index contributed by atoms with van der Waals surface area (Å²) in [5.41, 5.74) is 9.23. The molecule has 0 saturated heterocycles. The van der Waals surface area contributed by atoms with E-state index in [0.29, 0.717) is 23.4 Å². The van der Waals surface area contributed by atoms with Crippen LogP contribution in [0.3, 0.4) is 0 Å². The first-order chi connectivity index (χ1) is 16.8. The number of hydrogen-bond donors (Lipinski definition) is 7. The van der Waals surface area contributed by atoms with Crippen LogP contribution in [0.15, 0.2) is 28.7 Å². The average Bonchev–Trinajstić information content (AvgIpc) is 2.77. The van der Waals surface area contributed by atoms with Crippen LogP contribution in [0.2, 0.25) is 0 Å². The van der Waals surface area contributed by atoms with Crippen LogP contribution in [-0.2, 0) is 22.6 Å². The van der Waals surface area contributed by atoms with Crippen molar-refractivity contribution < 1.29 is 34.8 Å². The number of anilines is 1. The number of nitrogens with two attached hydrogens (primary N) is 2. The second kappa shape index (κ2) is 8.91. The molecule has 0 heterocycles. The lowest BCUT2D eigenvalue weighted by Crippen LogP contribution is -2.57. The number of nitrogens with one attached hydrogen (secondary N) is 1. The minimum Gasteiger partial charge on any atom is -0.511 e. The van der Waals surface area contributed by atoms with Crippen molar-refractivity contribution in [3.8, 4) is 5.75 Å². The lowest BCUT2D eigenvalue weighted by Gasteiger charge is -2.46. The quantitative estimate of drug-likeness (QED) is 0.262. The lowest BCUT2D eigenvalue weighted by atomic mass is 9.60. The summed E-state index contributed by atoms with van der Waals surface area (Å²) >= 11 is 0. The summed E-state index contributed by atoms with van der Waals surface area (Å²) in [5, 5.41) is 47.0. The van der Waals surface area contributed by atoms with Crippen LogP contribution in [0, 0.1) is 11.8 Å². The molecule has 4 rings (SSSR count). The predicted molar refractivity (Wildman–Crippen MR) is 130 cm³/mol. The van der Waals surface area contributed by atoms with E-state index in [2.05, 4.69) is 5.32 Å². The Kier molecular flexibility index (Phi) is 6.36. The molecule has 0 fully saturated rings. The van der Waals surface area contributed by atoms with Crippen molar-refractivity contribution in [3.63, 3.8) is 0 Å². The van der Waals surface area contributed by atoms with Crippen molar-refractivity contribution in [2.24, 2.45) is 23.3 Å². The first-order valence-corrected chi connectivity index (χ1v) is 11.8. The number of amides is 1. The van der Waals surface area contributed by atoms with Gasteiger partial charge in [-0.1, -0.05) is 0 Å². The minimum atomic E-state index is -2.58. The second-order valence-electron chi connectivity index (χ2n) is 10.2. The molecule has 4 atom stereocenters. The summed E-state index contributed by atoms with van der Waals surface area (Å²) < 4.78 is 0. The number of ketones is 2. The SMILES string of the molecule is CC(N)CNCc1cc(N(C)C)c2c(c1O)C(=O)C1=C(O)[C@]3(O)C(=O)C(C(N)=O)=C(O)C[C@@H]3C[C@@H]1C2. The van der Waals surface area contributed by atoms with Crippen LogP contribution < -0.4 is 21.7 Å². The van der Waals surface area contributed by atoms with Gasteiger partial charge in [-0.2, -0.15) is 0 Å². The van der Waals surface area contributed by atoms with Crippen molar-refractivity contribution in [2.75, 3.05) is 25.5 Å². The molecular formula is C25H32N4O7. The molecule has 0 aliphatic heterocycles. The van der Waals surface area contributed by atoms with Crippen molar-refractivity contribution in [1.82, 2.24) is 5.32 Å². The Morgan fingerprint density at radius 3 is 2.50 bits per heavy atom. The van der Waals surface area contributed by atoms with Crippen LogP contribution >= 0.6 is 0 Å². The number of rotatable bonds is 6. The predicted octanol–water partition coefficient (Wildman–Crippen LogP) is 0.0833. The monoisotopic (exact) mass is 500 g/mol. The molecule has 0 aromatic heterocycles. The van der Waals surface area contributed by atoms with Crippen LogP contribution in [0.1, 0.15) is 41.3 Å². The number of Topliss-reactive ketones (excluding diaryl/α,β-unsaturated/α-hetero) is 2. The van der Waals surface area contributed by atoms with Gasteiger partial charge in [0.25, 0.3) is 5.91 Å². The number of aliphatic hydroxyl groups is 3. The van der Waals surface area contributed by atoms with Crippen molar-refractivity contribution in [1.29, 1.82) is 0 Å². The zero-order valence-corrected chi connectivity index (χ0v) is 20.5. The topological polar surface area (TPSA) is 199 Å². The van der Waals surface area contributed by atoms with Crippen LogP contribution in [0.4, 0.5) is 5.69 Å². The maximum absolute atomic E-state index is 13.8. The molecule has 11 nitrogen and oxygen atoms in total. The van der Waals surface area contributed by atoms with Gasteiger partial charge in [-0.05, 0) is 37.3 Å². The highest BCUT2D eigenvalue weighted by Crippen LogP contribution is 2.52. The molecule has 1 amide bonds. The molecule has 0 radical (unpaired) electrons. The van der Waals surface area contributed by atoms with E-state index >= 15 is 0 Å². The number of carbonyl (C=O) groups excluding carboxylic acids is 3. The van der Waals surface area contributed by atoms with E-state index in [1.807, 2.05) is 25.9 Å². The van der Waals surface area contributed by atoms with Gasteiger partial charge < -0.3 is 42.1 Å². The van der Waals surface area contributed by atoms with Crippen LogP contribution in [0.25, 0.3) is 0 Å². The molecule has 1 aromatic carbocycles. The standard InChI is InChI=1S/C25H32N4O7/c1-10(26)8-28-9-12-6-15(29(2)3)14-5-11-4-13-7-16(30)19(24(27)35)23(34)25(13,36)22(33)17(11)21(32)18(14)20(12)31/h6,10-11,13,28,30-31,33,36H,4-5,7-9,26H2,1-3H3,(H2,27,35)/t10?,11-,13+,25+/m1/s1. The number of nitrogens with zero attached hydrogens (tertiary/aromatic N) is 1. The number of carbonyl (C=O) groups is 3. The zero-order chi connectivity index (χ0) is 26.7. The molecule has 11 heteroatoms. The highest BCUT2D eigenvalue weighted by Gasteiger charge is 2.59. The molecule has 3 aliphatic carbocycles. The summed E-state index contributed by atoms with van der Waals surface area (Å²) in [6, 6.07) is 1.67. The molecule has 194 valence electrons. The van der Waals surface area contributed by atoms with Gasteiger partial charge in [-0.25, -0.2) is 0 Å². The Hall–Kier alpha value is -3.41. The maximum Gasteiger partial charge on any atom is 0.255 e. The van der Waals surface area contributed by atoms with Crippen molar-refractivity contribution in [3.05, 3.63) is 45.4 Å². The molecule has 3 aliphatic rings. The first kappa shape index (κ1) is 25.7. The maximum atomic E-state index is 13.8. The van der Waals surface area contributed by atoms with Crippen molar-refractivity contribution >= 4 is 23.2 Å². The first-order valence-electron chi connectivity index (χ1n) is 11.8. The smallest absolute Gasteiger partial charge is 0.255 e. The number of primary amides is 1. The lowest BCUT2D eigenvalue weighted by molar-refractivity contribution is -0.144. The zero-order valence-electron chi connectivity index (χ0n) is 20.5. The minimum absolute atomic E-state index is 0.00424. The van der Waals surface area contributed by atoms with E-state index in [4.69, 9.17) is 11.5 Å². The van der Waals surface area contributed by atoms with E-state index in [1.165, 1.54) is 0 Å². The number of hydrogen-bond acceptors (Lipinski definition) is 10. The summed E-state index contributed by atoms with van der Waals surface area (Å²) in [5.74, 6) is -6.37. The van der Waals surface area contributed by atoms with Gasteiger partial charge in [0.1, 0.15) is 22.8 Å². The Morgan fingerprint density at radius 1 is 1.25 bits per heavy atom. The molecule has 9 N–H and O–H groups in total. The number of allylic oxidation sites excluding steroid dienone is 2. The van der Waals surface area contributed by atoms with Crippen molar-refractivity contribution in [2.45, 2.75) is 44.4 Å². The van der Waals surface area contributed by atoms with E-state index in [0.717, 1.165) is 0 Å². The fraction of sp³-hybridized carbons (Fsp3) is 0.480. The number of phenols is 1. The highest BCUT2D eigenvalue weighted by molar-refractivity contribution is 6.24. The molecule has 1 unspecified atom stereocenters. The number of fused-ring (bicyclic) bond motifs is 3. The van der Waals surface area contributed by atoms with Crippen LogP contribution in [-0.4, -0.2) is 70.2 Å². The van der Waals surface area contributed by atoms with Gasteiger partial charge in [0, 0.05) is 62.4 Å². The fourth-order valence-corrected chi connectivity index (χ4v) is 5.69. The van der Waals surface area contributed by atoms with E-state index in [9.17, 15) is 34.8 Å². The second-order valence-corrected chi connectivity index (χ2v) is 10.2. The third-order valence-electron chi connectivity index (χ3n) is 7.38. The van der Waals surface area contributed by atoms with Crippen LogP contribution in [0.5, 0.6) is 5.75 Å². The fourth-order valence-electron chi connectivity index (χ4n) is 5.69. The Morgan fingerprint density at radius 2 is 1.92 bits per heavy atom. The number of benzene rings is 1. The van der Waals surface area contributed by atoms with Gasteiger partial charge in [0.05, 0.1) is 5.56 Å². The number of aromatic hydroxyl groups is 1. The van der Waals surface area contributed by atoms with Gasteiger partial charge >= 0.3 is 0 Å². The molecule has 1 aromatic rings. The summed E-state index contributed by atoms with van der Waals surface area (Å²) in [4.78, 5) is 40.4. The normalized spacial score (nSPS) is 26.4. The number of aliphatic hydroxyl groups excluding tert-OH is 2.